The van der Waals surface area contributed by atoms with Crippen LogP contribution in [0, 0.1) is 11.3 Å². The second-order valence-corrected chi connectivity index (χ2v) is 6.94. The lowest BCUT2D eigenvalue weighted by molar-refractivity contribution is 0.124. The molecule has 2 fully saturated rings. The van der Waals surface area contributed by atoms with E-state index < -0.39 is 0 Å². The van der Waals surface area contributed by atoms with E-state index in [4.69, 9.17) is 0 Å². The third kappa shape index (κ3) is 3.16. The maximum absolute atomic E-state index is 4.50. The molecule has 2 saturated carbocycles. The predicted molar refractivity (Wildman–Crippen MR) is 75.9 cm³/mol. The maximum atomic E-state index is 4.50. The molecular formula is C15H26N4. The summed E-state index contributed by atoms with van der Waals surface area (Å²) < 4.78 is 2.11. The zero-order valence-corrected chi connectivity index (χ0v) is 12.2. The van der Waals surface area contributed by atoms with Gasteiger partial charge < -0.3 is 5.32 Å². The average molecular weight is 262 g/mol. The molecule has 0 aliphatic heterocycles. The van der Waals surface area contributed by atoms with Gasteiger partial charge in [-0.25, -0.2) is 9.67 Å². The van der Waals surface area contributed by atoms with Crippen molar-refractivity contribution in [1.29, 1.82) is 0 Å². The summed E-state index contributed by atoms with van der Waals surface area (Å²) in [6.45, 7) is 6.63. The number of rotatable bonds is 7. The molecule has 0 atom stereocenters. The highest BCUT2D eigenvalue weighted by Gasteiger charge is 2.39. The largest absolute Gasteiger partial charge is 0.313 e. The van der Waals surface area contributed by atoms with Gasteiger partial charge in [-0.3, -0.25) is 0 Å². The van der Waals surface area contributed by atoms with Crippen molar-refractivity contribution in [2.24, 2.45) is 11.3 Å². The van der Waals surface area contributed by atoms with Crippen LogP contribution in [0.15, 0.2) is 6.33 Å². The van der Waals surface area contributed by atoms with E-state index in [-0.39, 0.29) is 0 Å². The fraction of sp³-hybridized carbons (Fsp3) is 0.867. The smallest absolute Gasteiger partial charge is 0.138 e. The highest BCUT2D eigenvalue weighted by atomic mass is 15.3. The van der Waals surface area contributed by atoms with Crippen molar-refractivity contribution in [2.75, 3.05) is 6.54 Å². The van der Waals surface area contributed by atoms with Crippen LogP contribution >= 0.6 is 0 Å². The fourth-order valence-electron chi connectivity index (χ4n) is 3.00. The molecule has 0 saturated heterocycles. The Bertz CT molecular complexity index is 416. The molecule has 1 heterocycles. The van der Waals surface area contributed by atoms with Crippen LogP contribution in [0.4, 0.5) is 0 Å². The molecule has 0 radical (unpaired) electrons. The van der Waals surface area contributed by atoms with Gasteiger partial charge in [-0.2, -0.15) is 5.10 Å². The van der Waals surface area contributed by atoms with Crippen LogP contribution in [0.2, 0.25) is 0 Å². The third-order valence-corrected chi connectivity index (χ3v) is 4.52. The number of nitrogens with zero attached hydrogens (tertiary/aromatic N) is 3. The molecule has 0 aromatic carbocycles. The van der Waals surface area contributed by atoms with Gasteiger partial charge in [-0.05, 0) is 37.0 Å². The second-order valence-electron chi connectivity index (χ2n) is 6.94. The monoisotopic (exact) mass is 262 g/mol. The van der Waals surface area contributed by atoms with E-state index in [0.29, 0.717) is 11.3 Å². The molecule has 106 valence electrons. The zero-order chi connectivity index (χ0) is 13.3. The quantitative estimate of drug-likeness (QED) is 0.820. The summed E-state index contributed by atoms with van der Waals surface area (Å²) in [6, 6.07) is 0.811. The number of hydrogen-bond acceptors (Lipinski definition) is 3. The molecule has 0 spiro atoms. The Morgan fingerprint density at radius 2 is 2.21 bits per heavy atom. The van der Waals surface area contributed by atoms with Crippen LogP contribution < -0.4 is 5.32 Å². The lowest BCUT2D eigenvalue weighted by atomic mass is 9.66. The summed E-state index contributed by atoms with van der Waals surface area (Å²) in [7, 11) is 0. The first-order chi connectivity index (χ1) is 9.17. The molecule has 1 aromatic rings. The molecule has 3 rings (SSSR count). The Labute approximate surface area is 116 Å². The minimum atomic E-state index is 0.463. The zero-order valence-electron chi connectivity index (χ0n) is 12.2. The van der Waals surface area contributed by atoms with Crippen molar-refractivity contribution >= 4 is 0 Å². The fourth-order valence-corrected chi connectivity index (χ4v) is 3.00. The molecule has 2 aliphatic rings. The lowest BCUT2D eigenvalue weighted by Gasteiger charge is -2.42. The molecule has 0 bridgehead atoms. The average Bonchev–Trinajstić information content (AvgIpc) is 3.05. The van der Waals surface area contributed by atoms with Crippen molar-refractivity contribution in [3.05, 3.63) is 12.2 Å². The van der Waals surface area contributed by atoms with Crippen LogP contribution in [0.1, 0.15) is 51.8 Å². The van der Waals surface area contributed by atoms with Gasteiger partial charge in [0.2, 0.25) is 0 Å². The van der Waals surface area contributed by atoms with Gasteiger partial charge in [0.15, 0.2) is 0 Å². The summed E-state index contributed by atoms with van der Waals surface area (Å²) in [4.78, 5) is 4.50. The summed E-state index contributed by atoms with van der Waals surface area (Å²) in [5.74, 6) is 1.81. The molecule has 2 aliphatic carbocycles. The Balaban J connectivity index is 1.63. The van der Waals surface area contributed by atoms with E-state index >= 15 is 0 Å². The minimum absolute atomic E-state index is 0.463. The molecule has 1 N–H and O–H groups in total. The van der Waals surface area contributed by atoms with Gasteiger partial charge in [0, 0.05) is 25.6 Å². The van der Waals surface area contributed by atoms with Gasteiger partial charge in [0.05, 0.1) is 0 Å². The van der Waals surface area contributed by atoms with Crippen LogP contribution in [-0.2, 0) is 13.0 Å². The van der Waals surface area contributed by atoms with Crippen LogP contribution in [0.25, 0.3) is 0 Å². The molecule has 19 heavy (non-hydrogen) atoms. The molecule has 0 unspecified atom stereocenters. The standard InChI is InChI=1S/C15H26N4/c1-12(2)9-19-14(17-11-18-19)8-15(6-3-7-15)10-16-13-4-5-13/h11-13,16H,3-10H2,1-2H3. The van der Waals surface area contributed by atoms with Crippen molar-refractivity contribution in [3.63, 3.8) is 0 Å². The summed E-state index contributed by atoms with van der Waals surface area (Å²) >= 11 is 0. The topological polar surface area (TPSA) is 42.7 Å². The van der Waals surface area contributed by atoms with Crippen LogP contribution in [0.3, 0.4) is 0 Å². The first-order valence-electron chi connectivity index (χ1n) is 7.77. The highest BCUT2D eigenvalue weighted by molar-refractivity contribution is 5.00. The van der Waals surface area contributed by atoms with Gasteiger partial charge in [0.1, 0.15) is 12.2 Å². The lowest BCUT2D eigenvalue weighted by Crippen LogP contribution is -2.43. The van der Waals surface area contributed by atoms with E-state index in [1.807, 2.05) is 0 Å². The van der Waals surface area contributed by atoms with Crippen LogP contribution in [-0.4, -0.2) is 27.4 Å². The number of hydrogen-bond donors (Lipinski definition) is 1. The van der Waals surface area contributed by atoms with Gasteiger partial charge in [0.25, 0.3) is 0 Å². The maximum Gasteiger partial charge on any atom is 0.138 e. The highest BCUT2D eigenvalue weighted by Crippen LogP contribution is 2.43. The van der Waals surface area contributed by atoms with Crippen molar-refractivity contribution in [1.82, 2.24) is 20.1 Å². The third-order valence-electron chi connectivity index (χ3n) is 4.52. The molecular weight excluding hydrogens is 236 g/mol. The predicted octanol–water partition coefficient (Wildman–Crippen LogP) is 2.40. The normalized spacial score (nSPS) is 21.6. The molecule has 0 amide bonds. The van der Waals surface area contributed by atoms with E-state index in [0.717, 1.165) is 19.0 Å². The molecule has 1 aromatic heterocycles. The van der Waals surface area contributed by atoms with Crippen molar-refractivity contribution in [3.8, 4) is 0 Å². The van der Waals surface area contributed by atoms with Gasteiger partial charge >= 0.3 is 0 Å². The summed E-state index contributed by atoms with van der Waals surface area (Å²) in [5, 5.41) is 8.11. The summed E-state index contributed by atoms with van der Waals surface area (Å²) in [5.41, 5.74) is 0.463. The van der Waals surface area contributed by atoms with E-state index in [9.17, 15) is 0 Å². The number of aromatic nitrogens is 3. The van der Waals surface area contributed by atoms with Gasteiger partial charge in [-0.15, -0.1) is 0 Å². The first kappa shape index (κ1) is 13.1. The van der Waals surface area contributed by atoms with Crippen molar-refractivity contribution < 1.29 is 0 Å². The molecule has 4 nitrogen and oxygen atoms in total. The van der Waals surface area contributed by atoms with Crippen LogP contribution in [0.5, 0.6) is 0 Å². The van der Waals surface area contributed by atoms with E-state index in [1.54, 1.807) is 6.33 Å². The Morgan fingerprint density at radius 1 is 1.42 bits per heavy atom. The minimum Gasteiger partial charge on any atom is -0.313 e. The first-order valence-corrected chi connectivity index (χ1v) is 7.77. The van der Waals surface area contributed by atoms with E-state index in [1.165, 1.54) is 44.5 Å². The summed E-state index contributed by atoms with van der Waals surface area (Å²) in [6.07, 6.45) is 9.64. The van der Waals surface area contributed by atoms with Gasteiger partial charge in [-0.1, -0.05) is 20.3 Å². The Morgan fingerprint density at radius 3 is 2.79 bits per heavy atom. The Hall–Kier alpha value is -0.900. The van der Waals surface area contributed by atoms with Crippen molar-refractivity contribution in [2.45, 2.75) is 65.0 Å². The number of nitrogens with one attached hydrogen (secondary N) is 1. The molecule has 4 heteroatoms. The SMILES string of the molecule is CC(C)Cn1ncnc1CC1(CNC2CC2)CCC1. The Kier molecular flexibility index (Phi) is 3.61. The second kappa shape index (κ2) is 5.23. The van der Waals surface area contributed by atoms with E-state index in [2.05, 4.69) is 33.9 Å².